The van der Waals surface area contributed by atoms with Gasteiger partial charge >= 0.3 is 0 Å². The van der Waals surface area contributed by atoms with Gasteiger partial charge in [-0.25, -0.2) is 0 Å². The number of halogens is 1. The number of anilines is 1. The zero-order valence-electron chi connectivity index (χ0n) is 14.0. The number of nitrogens with one attached hydrogen (secondary N) is 1. The molecule has 0 spiro atoms. The minimum atomic E-state index is -0.0657. The van der Waals surface area contributed by atoms with Gasteiger partial charge in [0, 0.05) is 17.9 Å². The summed E-state index contributed by atoms with van der Waals surface area (Å²) in [7, 11) is 0. The maximum absolute atomic E-state index is 11.9. The van der Waals surface area contributed by atoms with Gasteiger partial charge in [0.25, 0.3) is 0 Å². The van der Waals surface area contributed by atoms with Gasteiger partial charge in [-0.15, -0.1) is 10.2 Å². The van der Waals surface area contributed by atoms with E-state index in [4.69, 9.17) is 16.3 Å². The Bertz CT molecular complexity index is 676. The molecule has 2 aromatic rings. The number of amides is 1. The summed E-state index contributed by atoms with van der Waals surface area (Å²) in [4.78, 5) is 11.9. The predicted octanol–water partition coefficient (Wildman–Crippen LogP) is 4.64. The average molecular weight is 368 g/mol. The summed E-state index contributed by atoms with van der Waals surface area (Å²) in [5.74, 6) is 0.700. The fourth-order valence-electron chi connectivity index (χ4n) is 2.04. The lowest BCUT2D eigenvalue weighted by Gasteiger charge is -2.07. The van der Waals surface area contributed by atoms with Gasteiger partial charge in [0.2, 0.25) is 11.0 Å². The maximum Gasteiger partial charge on any atom is 0.226 e. The Kier molecular flexibility index (Phi) is 7.46. The van der Waals surface area contributed by atoms with E-state index in [-0.39, 0.29) is 5.91 Å². The number of carbonyl (C=O) groups excluding carboxylic acids is 1. The lowest BCUT2D eigenvalue weighted by molar-refractivity contribution is -0.116. The van der Waals surface area contributed by atoms with Crippen molar-refractivity contribution in [3.8, 4) is 5.75 Å². The topological polar surface area (TPSA) is 64.1 Å². The number of aryl methyl sites for hydroxylation is 2. The fourth-order valence-corrected chi connectivity index (χ4v) is 2.96. The molecule has 0 aliphatic rings. The summed E-state index contributed by atoms with van der Waals surface area (Å²) >= 11 is 7.41. The van der Waals surface area contributed by atoms with Crippen LogP contribution in [0.3, 0.4) is 0 Å². The molecule has 0 radical (unpaired) electrons. The largest absolute Gasteiger partial charge is 0.494 e. The van der Waals surface area contributed by atoms with E-state index in [0.29, 0.717) is 24.6 Å². The molecule has 1 aromatic heterocycles. The van der Waals surface area contributed by atoms with Gasteiger partial charge in [0.1, 0.15) is 10.8 Å². The van der Waals surface area contributed by atoms with Crippen LogP contribution in [0.5, 0.6) is 5.75 Å². The molecule has 0 unspecified atom stereocenters. The van der Waals surface area contributed by atoms with Crippen LogP contribution >= 0.6 is 22.9 Å². The molecule has 2 rings (SSSR count). The number of aromatic nitrogens is 2. The van der Waals surface area contributed by atoms with Crippen molar-refractivity contribution < 1.29 is 9.53 Å². The fraction of sp³-hybridized carbons (Fsp3) is 0.471. The van der Waals surface area contributed by atoms with Crippen LogP contribution in [-0.4, -0.2) is 22.7 Å². The normalized spacial score (nSPS) is 10.6. The van der Waals surface area contributed by atoms with Crippen molar-refractivity contribution in [2.75, 3.05) is 11.9 Å². The van der Waals surface area contributed by atoms with Crippen molar-refractivity contribution in [3.05, 3.63) is 33.8 Å². The van der Waals surface area contributed by atoms with Crippen molar-refractivity contribution >= 4 is 34.0 Å². The minimum Gasteiger partial charge on any atom is -0.494 e. The van der Waals surface area contributed by atoms with Crippen LogP contribution in [0.2, 0.25) is 5.02 Å². The van der Waals surface area contributed by atoms with Crippen molar-refractivity contribution in [2.45, 2.75) is 46.0 Å². The summed E-state index contributed by atoms with van der Waals surface area (Å²) in [5, 5.41) is 13.1. The minimum absolute atomic E-state index is 0.0657. The highest BCUT2D eigenvalue weighted by molar-refractivity contribution is 7.15. The number of nitrogens with zero attached hydrogens (tertiary/aromatic N) is 2. The highest BCUT2D eigenvalue weighted by Crippen LogP contribution is 2.21. The van der Waals surface area contributed by atoms with E-state index in [1.807, 2.05) is 25.1 Å². The predicted molar refractivity (Wildman–Crippen MR) is 98.1 cm³/mol. The van der Waals surface area contributed by atoms with Crippen LogP contribution in [-0.2, 0) is 11.2 Å². The molecule has 0 bridgehead atoms. The zero-order chi connectivity index (χ0) is 17.4. The Hall–Kier alpha value is -1.66. The molecule has 0 saturated carbocycles. The van der Waals surface area contributed by atoms with E-state index < -0.39 is 0 Å². The van der Waals surface area contributed by atoms with E-state index >= 15 is 0 Å². The molecular formula is C17H22ClN3O2S. The zero-order valence-corrected chi connectivity index (χ0v) is 15.5. The van der Waals surface area contributed by atoms with Crippen molar-refractivity contribution in [1.29, 1.82) is 0 Å². The number of rotatable bonds is 9. The highest BCUT2D eigenvalue weighted by atomic mass is 35.5. The van der Waals surface area contributed by atoms with Crippen molar-refractivity contribution in [3.63, 3.8) is 0 Å². The summed E-state index contributed by atoms with van der Waals surface area (Å²) in [6, 6.07) is 5.53. The molecular weight excluding hydrogens is 346 g/mol. The monoisotopic (exact) mass is 367 g/mol. The van der Waals surface area contributed by atoms with E-state index in [2.05, 4.69) is 22.4 Å². The van der Waals surface area contributed by atoms with Gasteiger partial charge in [0.05, 0.1) is 6.61 Å². The number of benzene rings is 1. The summed E-state index contributed by atoms with van der Waals surface area (Å²) in [6.45, 7) is 4.54. The molecule has 24 heavy (non-hydrogen) atoms. The van der Waals surface area contributed by atoms with Crippen LogP contribution < -0.4 is 10.1 Å². The number of hydrogen-bond donors (Lipinski definition) is 1. The average Bonchev–Trinajstić information content (AvgIpc) is 3.00. The SMILES string of the molecule is CCCCc1nnc(NC(=O)CCCOc2ccc(Cl)c(C)c2)s1. The molecule has 0 aliphatic heterocycles. The summed E-state index contributed by atoms with van der Waals surface area (Å²) < 4.78 is 5.63. The number of carbonyl (C=O) groups is 1. The van der Waals surface area contributed by atoms with Gasteiger partial charge in [-0.2, -0.15) is 0 Å². The van der Waals surface area contributed by atoms with E-state index in [1.165, 1.54) is 11.3 Å². The number of unbranched alkanes of at least 4 members (excludes halogenated alkanes) is 1. The molecule has 5 nitrogen and oxygen atoms in total. The quantitative estimate of drug-likeness (QED) is 0.656. The maximum atomic E-state index is 11.9. The second kappa shape index (κ2) is 9.59. The van der Waals surface area contributed by atoms with E-state index in [9.17, 15) is 4.79 Å². The first-order valence-corrected chi connectivity index (χ1v) is 9.29. The van der Waals surface area contributed by atoms with Crippen LogP contribution in [0.1, 0.15) is 43.2 Å². The lowest BCUT2D eigenvalue weighted by atomic mass is 10.2. The van der Waals surface area contributed by atoms with Crippen LogP contribution in [0, 0.1) is 6.92 Å². The standard InChI is InChI=1S/C17H22ClN3O2S/c1-3-4-7-16-20-21-17(24-16)19-15(22)6-5-10-23-13-8-9-14(18)12(2)11-13/h8-9,11H,3-7,10H2,1-2H3,(H,19,21,22). The van der Waals surface area contributed by atoms with Gasteiger partial charge in [0.15, 0.2) is 0 Å². The molecule has 0 aliphatic carbocycles. The first-order valence-electron chi connectivity index (χ1n) is 8.09. The molecule has 0 fully saturated rings. The molecule has 1 amide bonds. The molecule has 1 heterocycles. The first-order chi connectivity index (χ1) is 11.6. The molecule has 1 aromatic carbocycles. The van der Waals surface area contributed by atoms with E-state index in [1.54, 1.807) is 0 Å². The summed E-state index contributed by atoms with van der Waals surface area (Å²) in [5.41, 5.74) is 0.974. The first kappa shape index (κ1) is 18.7. The molecule has 7 heteroatoms. The van der Waals surface area contributed by atoms with Crippen molar-refractivity contribution in [1.82, 2.24) is 10.2 Å². The Labute approximate surface area is 151 Å². The molecule has 130 valence electrons. The van der Waals surface area contributed by atoms with Gasteiger partial charge < -0.3 is 10.1 Å². The van der Waals surface area contributed by atoms with Gasteiger partial charge in [-0.3, -0.25) is 4.79 Å². The Morgan fingerprint density at radius 2 is 2.17 bits per heavy atom. The van der Waals surface area contributed by atoms with E-state index in [0.717, 1.165) is 40.6 Å². The Balaban J connectivity index is 1.67. The third-order valence-electron chi connectivity index (χ3n) is 3.40. The van der Waals surface area contributed by atoms with Crippen molar-refractivity contribution in [2.24, 2.45) is 0 Å². The highest BCUT2D eigenvalue weighted by Gasteiger charge is 2.08. The smallest absolute Gasteiger partial charge is 0.226 e. The second-order valence-corrected chi connectivity index (χ2v) is 6.98. The molecule has 0 saturated heterocycles. The number of ether oxygens (including phenoxy) is 1. The van der Waals surface area contributed by atoms with Crippen LogP contribution in [0.4, 0.5) is 5.13 Å². The summed E-state index contributed by atoms with van der Waals surface area (Å²) in [6.07, 6.45) is 4.14. The van der Waals surface area contributed by atoms with Crippen LogP contribution in [0.25, 0.3) is 0 Å². The van der Waals surface area contributed by atoms with Crippen LogP contribution in [0.15, 0.2) is 18.2 Å². The third kappa shape index (κ3) is 6.09. The molecule has 0 atom stereocenters. The Morgan fingerprint density at radius 1 is 1.33 bits per heavy atom. The number of hydrogen-bond acceptors (Lipinski definition) is 5. The lowest BCUT2D eigenvalue weighted by Crippen LogP contribution is -2.12. The Morgan fingerprint density at radius 3 is 2.92 bits per heavy atom. The third-order valence-corrected chi connectivity index (χ3v) is 4.73. The van der Waals surface area contributed by atoms with Gasteiger partial charge in [-0.1, -0.05) is 36.3 Å². The molecule has 1 N–H and O–H groups in total. The second-order valence-electron chi connectivity index (χ2n) is 5.52. The van der Waals surface area contributed by atoms with Gasteiger partial charge in [-0.05, 0) is 43.5 Å².